The Labute approximate surface area is 297 Å². The van der Waals surface area contributed by atoms with Gasteiger partial charge in [-0.05, 0) is 113 Å². The van der Waals surface area contributed by atoms with Crippen LogP contribution < -0.4 is 15.4 Å². The van der Waals surface area contributed by atoms with E-state index in [1.807, 2.05) is 11.9 Å². The molecule has 6 atom stereocenters. The fourth-order valence-electron chi connectivity index (χ4n) is 9.59. The van der Waals surface area contributed by atoms with Crippen LogP contribution in [0.25, 0.3) is 0 Å². The average Bonchev–Trinajstić information content (AvgIpc) is 3.04. The number of alkyl halides is 3. The third-order valence-electron chi connectivity index (χ3n) is 12.6. The summed E-state index contributed by atoms with van der Waals surface area (Å²) in [4.78, 5) is 5.10. The number of rotatable bonds is 8. The summed E-state index contributed by atoms with van der Waals surface area (Å²) in [6.07, 6.45) is 6.23. The van der Waals surface area contributed by atoms with Gasteiger partial charge in [0.05, 0.1) is 12.0 Å². The highest BCUT2D eigenvalue weighted by molar-refractivity contribution is 7.98. The number of ether oxygens (including phenoxy) is 2. The molecule has 278 valence electrons. The number of halogens is 3. The van der Waals surface area contributed by atoms with Crippen molar-refractivity contribution in [3.63, 3.8) is 0 Å². The van der Waals surface area contributed by atoms with E-state index in [0.29, 0.717) is 35.7 Å². The van der Waals surface area contributed by atoms with Gasteiger partial charge in [-0.15, -0.1) is 0 Å². The number of hydrogen-bond donors (Lipinski definition) is 3. The van der Waals surface area contributed by atoms with Gasteiger partial charge in [-0.25, -0.2) is 4.72 Å². The van der Waals surface area contributed by atoms with Gasteiger partial charge in [-0.1, -0.05) is 50.4 Å². The van der Waals surface area contributed by atoms with Crippen LogP contribution in [0.1, 0.15) is 107 Å². The molecule has 3 saturated heterocycles. The Kier molecular flexibility index (Phi) is 12.3. The van der Waals surface area contributed by atoms with Crippen LogP contribution in [0.15, 0.2) is 18.2 Å². The summed E-state index contributed by atoms with van der Waals surface area (Å²) in [5.74, 6) is 0.479. The molecular weight excluding hydrogens is 648 g/mol. The first-order chi connectivity index (χ1) is 23.3. The summed E-state index contributed by atoms with van der Waals surface area (Å²) in [5.41, 5.74) is 2.30. The number of methoxy groups -OCH3 is 1. The fourth-order valence-corrected chi connectivity index (χ4v) is 10.7. The van der Waals surface area contributed by atoms with Crippen molar-refractivity contribution in [3.05, 3.63) is 34.9 Å². The van der Waals surface area contributed by atoms with E-state index in [1.54, 1.807) is 7.11 Å². The maximum Gasteiger partial charge on any atom is 0.394 e. The molecule has 3 N–H and O–H groups in total. The first-order valence-electron chi connectivity index (χ1n) is 19.0. The molecule has 3 heterocycles. The standard InChI is InChI=1S/C38H62F3N5O2S/c1-26-9-6-10-27(2)34(26)32-20-33-43-35(42-32)44-49-31-12-7-11-28(19-31)24-46(30(25-48-33)21-36(3,4)38(39,40)41)29-22-37(23-29)13-16-45(17-14-37)15-8-18-47-5/h6,9-10,28-33,35,42-44H,7-8,11-25H2,1-5H3/t28?,30-,31?,32?,33?,35?/m1/s1. The lowest BCUT2D eigenvalue weighted by Crippen LogP contribution is -2.62. The van der Waals surface area contributed by atoms with Crippen LogP contribution in [0, 0.1) is 30.6 Å². The lowest BCUT2D eigenvalue weighted by Gasteiger charge is -2.57. The van der Waals surface area contributed by atoms with E-state index in [4.69, 9.17) is 9.47 Å². The average molecular weight is 710 g/mol. The number of fused-ring (bicyclic) bond motifs is 4. The Morgan fingerprint density at radius 2 is 1.78 bits per heavy atom. The van der Waals surface area contributed by atoms with E-state index in [0.717, 1.165) is 64.9 Å². The van der Waals surface area contributed by atoms with Crippen LogP contribution in [-0.2, 0) is 9.47 Å². The van der Waals surface area contributed by atoms with Crippen LogP contribution in [0.2, 0.25) is 0 Å². The van der Waals surface area contributed by atoms with Gasteiger partial charge in [0.25, 0.3) is 0 Å². The van der Waals surface area contributed by atoms with Gasteiger partial charge in [0, 0.05) is 56.6 Å². The molecule has 11 heteroatoms. The zero-order chi connectivity index (χ0) is 34.8. The molecule has 2 aliphatic carbocycles. The summed E-state index contributed by atoms with van der Waals surface area (Å²) in [6.45, 7) is 12.4. The number of likely N-dealkylation sites (tertiary alicyclic amines) is 1. The van der Waals surface area contributed by atoms with Crippen LogP contribution in [0.3, 0.4) is 0 Å². The largest absolute Gasteiger partial charge is 0.394 e. The van der Waals surface area contributed by atoms with Crippen molar-refractivity contribution in [2.75, 3.05) is 46.5 Å². The fraction of sp³-hybridized carbons (Fsp3) is 0.842. The molecule has 5 aliphatic rings. The lowest BCUT2D eigenvalue weighted by molar-refractivity contribution is -0.222. The molecule has 49 heavy (non-hydrogen) atoms. The number of hydrogen-bond acceptors (Lipinski definition) is 8. The predicted molar refractivity (Wildman–Crippen MR) is 192 cm³/mol. The Morgan fingerprint density at radius 1 is 1.04 bits per heavy atom. The van der Waals surface area contributed by atoms with Crippen molar-refractivity contribution >= 4 is 11.9 Å². The minimum atomic E-state index is -4.28. The molecule has 1 spiro atoms. The highest BCUT2D eigenvalue weighted by atomic mass is 32.2. The number of nitrogens with zero attached hydrogens (tertiary/aromatic N) is 2. The van der Waals surface area contributed by atoms with Gasteiger partial charge in [0.2, 0.25) is 0 Å². The van der Waals surface area contributed by atoms with Crippen molar-refractivity contribution in [1.82, 2.24) is 25.2 Å². The first kappa shape index (κ1) is 37.8. The van der Waals surface area contributed by atoms with Crippen molar-refractivity contribution in [3.8, 4) is 0 Å². The van der Waals surface area contributed by atoms with Crippen LogP contribution in [0.4, 0.5) is 13.2 Å². The maximum atomic E-state index is 14.6. The van der Waals surface area contributed by atoms with E-state index >= 15 is 0 Å². The second-order valence-electron chi connectivity index (χ2n) is 16.8. The van der Waals surface area contributed by atoms with Gasteiger partial charge in [0.15, 0.2) is 0 Å². The van der Waals surface area contributed by atoms with Crippen LogP contribution in [0.5, 0.6) is 0 Å². The molecule has 1 aromatic rings. The molecule has 0 aromatic heterocycles. The van der Waals surface area contributed by atoms with Gasteiger partial charge in [-0.2, -0.15) is 13.2 Å². The van der Waals surface area contributed by atoms with Gasteiger partial charge >= 0.3 is 6.18 Å². The molecule has 5 unspecified atom stereocenters. The van der Waals surface area contributed by atoms with Crippen LogP contribution in [-0.4, -0.2) is 92.3 Å². The Balaban J connectivity index is 1.24. The minimum absolute atomic E-state index is 0.0468. The van der Waals surface area contributed by atoms with E-state index in [1.165, 1.54) is 56.2 Å². The summed E-state index contributed by atoms with van der Waals surface area (Å²) in [6, 6.07) is 6.50. The first-order valence-corrected chi connectivity index (χ1v) is 19.9. The number of benzene rings is 1. The van der Waals surface area contributed by atoms with Crippen LogP contribution >= 0.6 is 11.9 Å². The SMILES string of the molecule is COCCCN1CCC2(CC1)CC(N1CC3CCCC(C3)SNC3NC(CC(c4c(C)cccc4C)N3)OC[C@H]1CC(C)(C)C(F)(F)F)C2. The molecule has 1 aromatic carbocycles. The van der Waals surface area contributed by atoms with Crippen molar-refractivity contribution in [1.29, 1.82) is 0 Å². The van der Waals surface area contributed by atoms with Gasteiger partial charge < -0.3 is 14.4 Å². The van der Waals surface area contributed by atoms with Crippen molar-refractivity contribution in [2.45, 2.75) is 140 Å². The minimum Gasteiger partial charge on any atom is -0.385 e. The molecule has 7 nitrogen and oxygen atoms in total. The summed E-state index contributed by atoms with van der Waals surface area (Å²) in [5, 5.41) is 7.91. The molecule has 2 saturated carbocycles. The van der Waals surface area contributed by atoms with Gasteiger partial charge in [-0.3, -0.25) is 15.5 Å². The molecular formula is C38H62F3N5O2S. The van der Waals surface area contributed by atoms with Gasteiger partial charge in [0.1, 0.15) is 12.5 Å². The molecule has 0 amide bonds. The highest BCUT2D eigenvalue weighted by Gasteiger charge is 2.53. The Bertz CT molecular complexity index is 1200. The molecule has 5 fully saturated rings. The molecule has 6 rings (SSSR count). The van der Waals surface area contributed by atoms with E-state index in [9.17, 15) is 13.2 Å². The summed E-state index contributed by atoms with van der Waals surface area (Å²) >= 11 is 1.83. The summed E-state index contributed by atoms with van der Waals surface area (Å²) < 4.78 is 59.4. The van der Waals surface area contributed by atoms with Crippen molar-refractivity contribution < 1.29 is 22.6 Å². The van der Waals surface area contributed by atoms with Crippen molar-refractivity contribution in [2.24, 2.45) is 16.7 Å². The Hall–Kier alpha value is -0.920. The maximum absolute atomic E-state index is 14.6. The quantitative estimate of drug-likeness (QED) is 0.192. The van der Waals surface area contributed by atoms with E-state index in [-0.39, 0.29) is 31.0 Å². The third-order valence-corrected chi connectivity index (χ3v) is 13.8. The molecule has 4 bridgehead atoms. The number of piperidine rings is 1. The number of nitrogens with one attached hydrogen (secondary N) is 3. The normalized spacial score (nSPS) is 32.6. The molecule has 3 aliphatic heterocycles. The smallest absolute Gasteiger partial charge is 0.385 e. The third kappa shape index (κ3) is 9.18. The number of aryl methyl sites for hydroxylation is 2. The topological polar surface area (TPSA) is 61.0 Å². The Morgan fingerprint density at radius 3 is 2.47 bits per heavy atom. The zero-order valence-electron chi connectivity index (χ0n) is 30.5. The van der Waals surface area contributed by atoms with E-state index in [2.05, 4.69) is 57.2 Å². The monoisotopic (exact) mass is 709 g/mol. The van der Waals surface area contributed by atoms with E-state index < -0.39 is 11.6 Å². The highest BCUT2D eigenvalue weighted by Crippen LogP contribution is 2.53. The molecule has 0 radical (unpaired) electrons. The zero-order valence-corrected chi connectivity index (χ0v) is 31.4. The second-order valence-corrected chi connectivity index (χ2v) is 17.9. The second kappa shape index (κ2) is 16.0. The lowest BCUT2D eigenvalue weighted by atomic mass is 9.59. The summed E-state index contributed by atoms with van der Waals surface area (Å²) in [7, 11) is 1.76. The predicted octanol–water partition coefficient (Wildman–Crippen LogP) is 7.29.